The molecule has 1 aliphatic heterocycles. The fourth-order valence-corrected chi connectivity index (χ4v) is 3.00. The second-order valence-corrected chi connectivity index (χ2v) is 6.12. The van der Waals surface area contributed by atoms with Gasteiger partial charge in [0.15, 0.2) is 0 Å². The first-order chi connectivity index (χ1) is 11.8. The number of benzene rings is 2. The maximum absolute atomic E-state index is 5.94. The van der Waals surface area contributed by atoms with Crippen LogP contribution in [0.1, 0.15) is 11.1 Å². The Hall–Kier alpha value is -2.10. The molecule has 3 rings (SSSR count). The Morgan fingerprint density at radius 3 is 2.67 bits per heavy atom. The van der Waals surface area contributed by atoms with Crippen LogP contribution in [0.15, 0.2) is 60.7 Å². The quantitative estimate of drug-likeness (QED) is 0.810. The number of nitrogens with zero attached hydrogens (tertiary/aromatic N) is 1. The van der Waals surface area contributed by atoms with Crippen LogP contribution in [0.3, 0.4) is 0 Å². The van der Waals surface area contributed by atoms with Crippen molar-refractivity contribution in [1.29, 1.82) is 0 Å². The Kier molecular flexibility index (Phi) is 6.05. The van der Waals surface area contributed by atoms with Crippen LogP contribution >= 0.6 is 0 Å². The third-order valence-electron chi connectivity index (χ3n) is 4.32. The highest BCUT2D eigenvalue weighted by molar-refractivity contribution is 5.48. The third kappa shape index (κ3) is 4.95. The van der Waals surface area contributed by atoms with E-state index in [2.05, 4.69) is 53.5 Å². The first kappa shape index (κ1) is 16.7. The zero-order chi connectivity index (χ0) is 16.6. The predicted octanol–water partition coefficient (Wildman–Crippen LogP) is 3.65. The summed E-state index contributed by atoms with van der Waals surface area (Å²) < 4.78 is 11.1. The molecule has 1 atom stereocenters. The summed E-state index contributed by atoms with van der Waals surface area (Å²) >= 11 is 0. The summed E-state index contributed by atoms with van der Waals surface area (Å²) in [7, 11) is 1.69. The summed E-state index contributed by atoms with van der Waals surface area (Å²) in [4.78, 5) is 2.46. The molecule has 1 aliphatic rings. The van der Waals surface area contributed by atoms with E-state index in [-0.39, 0.29) is 6.10 Å². The Bertz CT molecular complexity index is 637. The molecule has 126 valence electrons. The molecule has 0 aromatic heterocycles. The summed E-state index contributed by atoms with van der Waals surface area (Å²) in [6, 6.07) is 18.7. The molecule has 0 saturated carbocycles. The Labute approximate surface area is 144 Å². The molecule has 1 saturated heterocycles. The van der Waals surface area contributed by atoms with Crippen molar-refractivity contribution in [2.24, 2.45) is 0 Å². The van der Waals surface area contributed by atoms with E-state index in [1.807, 2.05) is 18.2 Å². The van der Waals surface area contributed by atoms with Gasteiger partial charge in [-0.25, -0.2) is 0 Å². The number of hydrogen-bond donors (Lipinski definition) is 0. The van der Waals surface area contributed by atoms with Crippen LogP contribution < -0.4 is 4.74 Å². The van der Waals surface area contributed by atoms with E-state index in [1.54, 1.807) is 7.11 Å². The van der Waals surface area contributed by atoms with Crippen molar-refractivity contribution in [3.05, 3.63) is 71.8 Å². The maximum atomic E-state index is 5.94. The number of ether oxygens (including phenoxy) is 2. The lowest BCUT2D eigenvalue weighted by atomic mass is 10.1. The largest absolute Gasteiger partial charge is 0.497 e. The van der Waals surface area contributed by atoms with Gasteiger partial charge in [-0.15, -0.1) is 0 Å². The van der Waals surface area contributed by atoms with Crippen molar-refractivity contribution >= 4 is 6.08 Å². The Morgan fingerprint density at radius 1 is 1.12 bits per heavy atom. The molecule has 3 nitrogen and oxygen atoms in total. The van der Waals surface area contributed by atoms with Crippen LogP contribution in [0.4, 0.5) is 0 Å². The number of morpholine rings is 1. The predicted molar refractivity (Wildman–Crippen MR) is 98.4 cm³/mol. The molecule has 0 bridgehead atoms. The van der Waals surface area contributed by atoms with Crippen LogP contribution in [0.2, 0.25) is 0 Å². The molecule has 2 aromatic carbocycles. The first-order valence-electron chi connectivity index (χ1n) is 8.52. The van der Waals surface area contributed by atoms with Crippen molar-refractivity contribution < 1.29 is 9.47 Å². The van der Waals surface area contributed by atoms with Crippen molar-refractivity contribution in [3.63, 3.8) is 0 Å². The van der Waals surface area contributed by atoms with E-state index in [9.17, 15) is 0 Å². The van der Waals surface area contributed by atoms with E-state index in [0.717, 1.165) is 38.4 Å². The zero-order valence-electron chi connectivity index (χ0n) is 14.2. The molecule has 2 aromatic rings. The first-order valence-corrected chi connectivity index (χ1v) is 8.52. The second-order valence-electron chi connectivity index (χ2n) is 6.12. The SMILES string of the molecule is COc1ccc(C[C@H]2CN(C/C=C/c3ccccc3)CCO2)cc1. The van der Waals surface area contributed by atoms with Gasteiger partial charge in [-0.05, 0) is 29.7 Å². The van der Waals surface area contributed by atoms with Crippen LogP contribution in [0.5, 0.6) is 5.75 Å². The maximum Gasteiger partial charge on any atom is 0.118 e. The van der Waals surface area contributed by atoms with Crippen LogP contribution in [-0.2, 0) is 11.2 Å². The van der Waals surface area contributed by atoms with Gasteiger partial charge >= 0.3 is 0 Å². The van der Waals surface area contributed by atoms with Gasteiger partial charge in [-0.2, -0.15) is 0 Å². The zero-order valence-corrected chi connectivity index (χ0v) is 14.2. The molecule has 0 unspecified atom stereocenters. The molecular formula is C21H25NO2. The van der Waals surface area contributed by atoms with E-state index < -0.39 is 0 Å². The van der Waals surface area contributed by atoms with Crippen molar-refractivity contribution in [3.8, 4) is 5.75 Å². The van der Waals surface area contributed by atoms with Gasteiger partial charge in [0.25, 0.3) is 0 Å². The molecule has 0 amide bonds. The molecule has 0 aliphatic carbocycles. The third-order valence-corrected chi connectivity index (χ3v) is 4.32. The van der Waals surface area contributed by atoms with E-state index in [4.69, 9.17) is 9.47 Å². The topological polar surface area (TPSA) is 21.7 Å². The highest BCUT2D eigenvalue weighted by Gasteiger charge is 2.19. The van der Waals surface area contributed by atoms with Gasteiger partial charge < -0.3 is 9.47 Å². The van der Waals surface area contributed by atoms with E-state index in [1.165, 1.54) is 11.1 Å². The fourth-order valence-electron chi connectivity index (χ4n) is 3.00. The molecule has 24 heavy (non-hydrogen) atoms. The van der Waals surface area contributed by atoms with Gasteiger partial charge in [-0.3, -0.25) is 4.90 Å². The van der Waals surface area contributed by atoms with Crippen molar-refractivity contribution in [2.75, 3.05) is 33.4 Å². The molecule has 0 spiro atoms. The van der Waals surface area contributed by atoms with E-state index >= 15 is 0 Å². The number of methoxy groups -OCH3 is 1. The monoisotopic (exact) mass is 323 g/mol. The molecule has 0 radical (unpaired) electrons. The minimum absolute atomic E-state index is 0.261. The molecule has 1 fully saturated rings. The average molecular weight is 323 g/mol. The highest BCUT2D eigenvalue weighted by atomic mass is 16.5. The lowest BCUT2D eigenvalue weighted by molar-refractivity contribution is -0.0236. The Balaban J connectivity index is 1.49. The lowest BCUT2D eigenvalue weighted by Gasteiger charge is -2.32. The van der Waals surface area contributed by atoms with Crippen LogP contribution in [-0.4, -0.2) is 44.4 Å². The minimum atomic E-state index is 0.261. The van der Waals surface area contributed by atoms with Gasteiger partial charge in [-0.1, -0.05) is 54.6 Å². The van der Waals surface area contributed by atoms with Gasteiger partial charge in [0, 0.05) is 19.6 Å². The Morgan fingerprint density at radius 2 is 1.92 bits per heavy atom. The highest BCUT2D eigenvalue weighted by Crippen LogP contribution is 2.16. The summed E-state index contributed by atoms with van der Waals surface area (Å²) in [5, 5.41) is 0. The minimum Gasteiger partial charge on any atom is -0.497 e. The smallest absolute Gasteiger partial charge is 0.118 e. The second kappa shape index (κ2) is 8.67. The molecular weight excluding hydrogens is 298 g/mol. The lowest BCUT2D eigenvalue weighted by Crippen LogP contribution is -2.43. The summed E-state index contributed by atoms with van der Waals surface area (Å²) in [6.07, 6.45) is 5.64. The molecule has 0 N–H and O–H groups in total. The van der Waals surface area contributed by atoms with E-state index in [0.29, 0.717) is 0 Å². The number of rotatable bonds is 6. The van der Waals surface area contributed by atoms with Crippen molar-refractivity contribution in [2.45, 2.75) is 12.5 Å². The normalized spacial score (nSPS) is 18.8. The summed E-state index contributed by atoms with van der Waals surface area (Å²) in [5.74, 6) is 0.899. The molecule has 3 heteroatoms. The summed E-state index contributed by atoms with van der Waals surface area (Å²) in [6.45, 7) is 3.75. The van der Waals surface area contributed by atoms with Gasteiger partial charge in [0.1, 0.15) is 5.75 Å². The van der Waals surface area contributed by atoms with Gasteiger partial charge in [0.2, 0.25) is 0 Å². The number of hydrogen-bond acceptors (Lipinski definition) is 3. The van der Waals surface area contributed by atoms with Crippen LogP contribution in [0.25, 0.3) is 6.08 Å². The van der Waals surface area contributed by atoms with Crippen molar-refractivity contribution in [1.82, 2.24) is 4.90 Å². The standard InChI is InChI=1S/C21H25NO2/c1-23-20-11-9-19(10-12-20)16-21-17-22(14-15-24-21)13-5-8-18-6-3-2-4-7-18/h2-12,21H,13-17H2,1H3/b8-5+/t21-/m0/s1. The van der Waals surface area contributed by atoms with Gasteiger partial charge in [0.05, 0.1) is 19.8 Å². The average Bonchev–Trinajstić information content (AvgIpc) is 2.64. The molecule has 1 heterocycles. The summed E-state index contributed by atoms with van der Waals surface area (Å²) in [5.41, 5.74) is 2.54. The fraction of sp³-hybridized carbons (Fsp3) is 0.333. The van der Waals surface area contributed by atoms with Crippen LogP contribution in [0, 0.1) is 0 Å².